The van der Waals surface area contributed by atoms with Gasteiger partial charge in [-0.15, -0.1) is 0 Å². The van der Waals surface area contributed by atoms with Crippen LogP contribution in [-0.4, -0.2) is 0 Å². The minimum atomic E-state index is -1.44. The Morgan fingerprint density at radius 2 is 1.65 bits per heavy atom. The predicted molar refractivity (Wildman–Crippen MR) is 55.6 cm³/mol. The zero-order chi connectivity index (χ0) is 12.3. The molecule has 0 aliphatic rings. The quantitative estimate of drug-likeness (QED) is 0.832. The summed E-state index contributed by atoms with van der Waals surface area (Å²) in [5.41, 5.74) is 1.28. The molecule has 0 unspecified atom stereocenters. The zero-order valence-electron chi connectivity index (χ0n) is 8.84. The zero-order valence-corrected chi connectivity index (χ0v) is 8.84. The van der Waals surface area contributed by atoms with Crippen LogP contribution in [0.3, 0.4) is 0 Å². The smallest absolute Gasteiger partial charge is 0.194 e. The lowest BCUT2D eigenvalue weighted by Crippen LogP contribution is -2.12. The molecule has 2 aromatic rings. The number of benzene rings is 1. The minimum absolute atomic E-state index is 0.249. The lowest BCUT2D eigenvalue weighted by Gasteiger charge is -2.04. The van der Waals surface area contributed by atoms with Crippen molar-refractivity contribution < 1.29 is 17.6 Å². The Morgan fingerprint density at radius 1 is 1.00 bits per heavy atom. The van der Waals surface area contributed by atoms with Crippen LogP contribution >= 0.6 is 0 Å². The van der Waals surface area contributed by atoms with E-state index in [-0.39, 0.29) is 6.54 Å². The molecule has 0 radical (unpaired) electrons. The Kier molecular flexibility index (Phi) is 3.49. The lowest BCUT2D eigenvalue weighted by molar-refractivity contribution is 0.444. The molecule has 0 aliphatic heterocycles. The van der Waals surface area contributed by atoms with Gasteiger partial charge in [0.2, 0.25) is 0 Å². The van der Waals surface area contributed by atoms with Gasteiger partial charge in [-0.2, -0.15) is 0 Å². The highest BCUT2D eigenvalue weighted by Crippen LogP contribution is 2.13. The van der Waals surface area contributed by atoms with E-state index >= 15 is 0 Å². The van der Waals surface area contributed by atoms with Gasteiger partial charge in [0.15, 0.2) is 17.5 Å². The number of hydrogen-bond acceptors (Lipinski definition) is 2. The van der Waals surface area contributed by atoms with Crippen LogP contribution < -0.4 is 5.32 Å². The van der Waals surface area contributed by atoms with Gasteiger partial charge in [-0.3, -0.25) is 0 Å². The van der Waals surface area contributed by atoms with E-state index in [0.29, 0.717) is 12.1 Å². The van der Waals surface area contributed by atoms with Crippen molar-refractivity contribution in [2.24, 2.45) is 0 Å². The van der Waals surface area contributed by atoms with Gasteiger partial charge < -0.3 is 9.73 Å². The van der Waals surface area contributed by atoms with E-state index in [1.54, 1.807) is 12.3 Å². The van der Waals surface area contributed by atoms with Gasteiger partial charge in [0.05, 0.1) is 12.5 Å². The monoisotopic (exact) mass is 241 g/mol. The molecule has 90 valence electrons. The molecule has 0 saturated carbocycles. The summed E-state index contributed by atoms with van der Waals surface area (Å²) in [6, 6.07) is 3.72. The first-order valence-corrected chi connectivity index (χ1v) is 5.02. The summed E-state index contributed by atoms with van der Waals surface area (Å²) in [6.07, 6.45) is 3.10. The molecule has 1 heterocycles. The second kappa shape index (κ2) is 5.05. The van der Waals surface area contributed by atoms with Gasteiger partial charge in [-0.1, -0.05) is 0 Å². The number of hydrogen-bond donors (Lipinski definition) is 1. The average molecular weight is 241 g/mol. The molecule has 5 heteroatoms. The maximum Gasteiger partial charge on any atom is 0.194 e. The Bertz CT molecular complexity index is 473. The van der Waals surface area contributed by atoms with Crippen LogP contribution in [0.1, 0.15) is 11.1 Å². The molecule has 1 aromatic heterocycles. The van der Waals surface area contributed by atoms with Crippen molar-refractivity contribution in [2.75, 3.05) is 0 Å². The fourth-order valence-electron chi connectivity index (χ4n) is 1.45. The molecule has 2 nitrogen and oxygen atoms in total. The first-order chi connectivity index (χ1) is 8.16. The second-order valence-corrected chi connectivity index (χ2v) is 3.61. The van der Waals surface area contributed by atoms with E-state index < -0.39 is 17.5 Å². The van der Waals surface area contributed by atoms with E-state index in [1.165, 1.54) is 6.26 Å². The van der Waals surface area contributed by atoms with Crippen LogP contribution in [-0.2, 0) is 13.1 Å². The highest BCUT2D eigenvalue weighted by atomic mass is 19.2. The summed E-state index contributed by atoms with van der Waals surface area (Å²) < 4.78 is 43.3. The molecule has 0 aliphatic carbocycles. The summed E-state index contributed by atoms with van der Waals surface area (Å²) in [5, 5.41) is 2.96. The third kappa shape index (κ3) is 2.88. The van der Waals surface area contributed by atoms with Crippen LogP contribution in [0.2, 0.25) is 0 Å². The SMILES string of the molecule is Fc1cc(CNCc2ccoc2)cc(F)c1F. The summed E-state index contributed by atoms with van der Waals surface area (Å²) >= 11 is 0. The molecule has 1 N–H and O–H groups in total. The first-order valence-electron chi connectivity index (χ1n) is 5.02. The van der Waals surface area contributed by atoms with E-state index in [0.717, 1.165) is 17.7 Å². The topological polar surface area (TPSA) is 25.2 Å². The Hall–Kier alpha value is -1.75. The van der Waals surface area contributed by atoms with Crippen LogP contribution in [0.5, 0.6) is 0 Å². The summed E-state index contributed by atoms with van der Waals surface area (Å²) in [6.45, 7) is 0.760. The second-order valence-electron chi connectivity index (χ2n) is 3.61. The molecular formula is C12H10F3NO. The van der Waals surface area contributed by atoms with Crippen LogP contribution in [0.25, 0.3) is 0 Å². The maximum atomic E-state index is 12.9. The van der Waals surface area contributed by atoms with Gasteiger partial charge in [-0.05, 0) is 23.8 Å². The van der Waals surface area contributed by atoms with Gasteiger partial charge >= 0.3 is 0 Å². The largest absolute Gasteiger partial charge is 0.472 e. The van der Waals surface area contributed by atoms with Gasteiger partial charge in [-0.25, -0.2) is 13.2 Å². The number of halogens is 3. The number of rotatable bonds is 4. The number of nitrogens with one attached hydrogen (secondary N) is 1. The van der Waals surface area contributed by atoms with Gasteiger partial charge in [0.25, 0.3) is 0 Å². The van der Waals surface area contributed by atoms with Crippen LogP contribution in [0.4, 0.5) is 13.2 Å². The predicted octanol–water partition coefficient (Wildman–Crippen LogP) is 2.99. The van der Waals surface area contributed by atoms with Crippen molar-refractivity contribution in [3.63, 3.8) is 0 Å². The molecule has 0 atom stereocenters. The van der Waals surface area contributed by atoms with Gasteiger partial charge in [0.1, 0.15) is 0 Å². The molecule has 2 rings (SSSR count). The lowest BCUT2D eigenvalue weighted by atomic mass is 10.2. The molecule has 0 fully saturated rings. The van der Waals surface area contributed by atoms with E-state index in [4.69, 9.17) is 4.42 Å². The molecular weight excluding hydrogens is 231 g/mol. The van der Waals surface area contributed by atoms with Crippen molar-refractivity contribution in [2.45, 2.75) is 13.1 Å². The summed E-state index contributed by atoms with van der Waals surface area (Å²) in [7, 11) is 0. The standard InChI is InChI=1S/C12H10F3NO/c13-10-3-9(4-11(14)12(10)15)6-16-5-8-1-2-17-7-8/h1-4,7,16H,5-6H2. The van der Waals surface area contributed by atoms with Crippen molar-refractivity contribution in [3.05, 3.63) is 59.3 Å². The maximum absolute atomic E-state index is 12.9. The Labute approximate surface area is 96.1 Å². The van der Waals surface area contributed by atoms with E-state index in [1.807, 2.05) is 0 Å². The highest BCUT2D eigenvalue weighted by Gasteiger charge is 2.10. The van der Waals surface area contributed by atoms with Crippen molar-refractivity contribution >= 4 is 0 Å². The summed E-state index contributed by atoms with van der Waals surface area (Å²) in [4.78, 5) is 0. The minimum Gasteiger partial charge on any atom is -0.472 e. The molecule has 0 spiro atoms. The Morgan fingerprint density at radius 3 is 2.24 bits per heavy atom. The summed E-state index contributed by atoms with van der Waals surface area (Å²) in [5.74, 6) is -3.79. The van der Waals surface area contributed by atoms with Crippen molar-refractivity contribution in [3.8, 4) is 0 Å². The van der Waals surface area contributed by atoms with Crippen molar-refractivity contribution in [1.82, 2.24) is 5.32 Å². The van der Waals surface area contributed by atoms with E-state index in [2.05, 4.69) is 5.32 Å². The molecule has 1 aromatic carbocycles. The highest BCUT2D eigenvalue weighted by molar-refractivity contribution is 5.19. The molecule has 0 saturated heterocycles. The third-order valence-electron chi connectivity index (χ3n) is 2.28. The first kappa shape index (κ1) is 11.7. The van der Waals surface area contributed by atoms with E-state index in [9.17, 15) is 13.2 Å². The molecule has 17 heavy (non-hydrogen) atoms. The molecule has 0 amide bonds. The van der Waals surface area contributed by atoms with Crippen LogP contribution in [0.15, 0.2) is 35.1 Å². The third-order valence-corrected chi connectivity index (χ3v) is 2.28. The number of furan rings is 1. The average Bonchev–Trinajstić information content (AvgIpc) is 2.79. The normalized spacial score (nSPS) is 10.8. The Balaban J connectivity index is 1.95. The van der Waals surface area contributed by atoms with Gasteiger partial charge in [0, 0.05) is 18.7 Å². The fourth-order valence-corrected chi connectivity index (χ4v) is 1.45. The van der Waals surface area contributed by atoms with Crippen molar-refractivity contribution in [1.29, 1.82) is 0 Å². The van der Waals surface area contributed by atoms with Crippen LogP contribution in [0, 0.1) is 17.5 Å². The molecule has 0 bridgehead atoms. The fraction of sp³-hybridized carbons (Fsp3) is 0.167.